The Morgan fingerprint density at radius 1 is 0.818 bits per heavy atom. The zero-order valence-corrected chi connectivity index (χ0v) is 25.4. The number of carboxylic acid groups (broad SMARTS) is 1. The molecule has 0 saturated heterocycles. The molecule has 4 aromatic carbocycles. The lowest BCUT2D eigenvalue weighted by molar-refractivity contribution is -0.137. The fourth-order valence-corrected chi connectivity index (χ4v) is 5.37. The third kappa shape index (κ3) is 8.18. The molecule has 0 saturated carbocycles. The van der Waals surface area contributed by atoms with Gasteiger partial charge in [-0.3, -0.25) is 14.4 Å². The van der Waals surface area contributed by atoms with Gasteiger partial charge in [0.1, 0.15) is 0 Å². The normalized spacial score (nSPS) is 11.9. The van der Waals surface area contributed by atoms with Gasteiger partial charge in [-0.05, 0) is 66.8 Å². The fraction of sp³-hybridized carbons (Fsp3) is 0.206. The maximum atomic E-state index is 14.0. The van der Waals surface area contributed by atoms with Crippen LogP contribution in [0.4, 0.5) is 0 Å². The third-order valence-corrected chi connectivity index (χ3v) is 8.28. The minimum atomic E-state index is -3.84. The maximum absolute atomic E-state index is 14.0. The van der Waals surface area contributed by atoms with Crippen LogP contribution in [0.3, 0.4) is 0 Å². The number of aryl methyl sites for hydroxylation is 1. The van der Waals surface area contributed by atoms with Gasteiger partial charge in [0.15, 0.2) is 0 Å². The predicted molar refractivity (Wildman–Crippen MR) is 169 cm³/mol. The van der Waals surface area contributed by atoms with Crippen LogP contribution < -0.4 is 10.5 Å². The molecule has 2 amide bonds. The summed E-state index contributed by atoms with van der Waals surface area (Å²) < 4.78 is 23.2. The summed E-state index contributed by atoms with van der Waals surface area (Å²) in [6.45, 7) is 4.06. The molecule has 10 heteroatoms. The molecule has 0 bridgehead atoms. The summed E-state index contributed by atoms with van der Waals surface area (Å²) in [7, 11) is -3.84. The van der Waals surface area contributed by atoms with E-state index in [-0.39, 0.29) is 42.3 Å². The molecule has 4 aromatic rings. The predicted octanol–water partition coefficient (Wildman–Crippen LogP) is 4.96. The van der Waals surface area contributed by atoms with Gasteiger partial charge >= 0.3 is 5.97 Å². The molecule has 9 nitrogen and oxygen atoms in total. The lowest BCUT2D eigenvalue weighted by Gasteiger charge is -2.24. The number of hydrogen-bond donors (Lipinski definition) is 3. The Balaban J connectivity index is 1.61. The first-order valence-corrected chi connectivity index (χ1v) is 15.7. The average molecular weight is 614 g/mol. The van der Waals surface area contributed by atoms with Gasteiger partial charge in [0.05, 0.1) is 17.4 Å². The van der Waals surface area contributed by atoms with E-state index in [4.69, 9.17) is 5.14 Å². The number of nitrogens with one attached hydrogen (secondary N) is 1. The fourth-order valence-electron chi connectivity index (χ4n) is 4.86. The topological polar surface area (TPSA) is 147 Å². The van der Waals surface area contributed by atoms with Gasteiger partial charge in [0, 0.05) is 24.2 Å². The number of carbonyl (C=O) groups is 3. The summed E-state index contributed by atoms with van der Waals surface area (Å²) in [5, 5.41) is 17.6. The first-order valence-electron chi connectivity index (χ1n) is 14.1. The first-order chi connectivity index (χ1) is 20.9. The lowest BCUT2D eigenvalue weighted by atomic mass is 9.94. The summed E-state index contributed by atoms with van der Waals surface area (Å²) >= 11 is 0. The van der Waals surface area contributed by atoms with Crippen molar-refractivity contribution in [2.24, 2.45) is 5.14 Å². The SMILES string of the molecule is Cc1ccc(C(C)NC(=O)c2ccccc2-c2ccccc2C(=O)N(CCC(=O)O)CCc2ccc(S(N)(=O)=O)cc2)cc1. The van der Waals surface area contributed by atoms with Crippen LogP contribution in [0.5, 0.6) is 0 Å². The van der Waals surface area contributed by atoms with Crippen LogP contribution in [0.25, 0.3) is 11.1 Å². The van der Waals surface area contributed by atoms with E-state index in [1.54, 1.807) is 60.7 Å². The second-order valence-corrected chi connectivity index (χ2v) is 12.1. The molecule has 0 aliphatic rings. The zero-order chi connectivity index (χ0) is 31.9. The number of aliphatic carboxylic acids is 1. The lowest BCUT2D eigenvalue weighted by Crippen LogP contribution is -2.35. The van der Waals surface area contributed by atoms with Crippen molar-refractivity contribution in [2.45, 2.75) is 37.6 Å². The van der Waals surface area contributed by atoms with Crippen LogP contribution in [0.1, 0.15) is 56.8 Å². The van der Waals surface area contributed by atoms with Crippen molar-refractivity contribution in [1.82, 2.24) is 10.2 Å². The Hall–Kier alpha value is -4.80. The highest BCUT2D eigenvalue weighted by atomic mass is 32.2. The smallest absolute Gasteiger partial charge is 0.305 e. The number of primary sulfonamides is 1. The van der Waals surface area contributed by atoms with Crippen molar-refractivity contribution in [1.29, 1.82) is 0 Å². The van der Waals surface area contributed by atoms with Gasteiger partial charge < -0.3 is 15.3 Å². The number of nitrogens with zero attached hydrogens (tertiary/aromatic N) is 1. The molecule has 0 aliphatic carbocycles. The van der Waals surface area contributed by atoms with Gasteiger partial charge in [-0.2, -0.15) is 0 Å². The number of sulfonamides is 1. The molecule has 4 N–H and O–H groups in total. The molecular weight excluding hydrogens is 578 g/mol. The molecule has 0 spiro atoms. The molecule has 0 radical (unpaired) electrons. The maximum Gasteiger partial charge on any atom is 0.305 e. The van der Waals surface area contributed by atoms with Gasteiger partial charge in [-0.15, -0.1) is 0 Å². The highest BCUT2D eigenvalue weighted by Gasteiger charge is 2.23. The quantitative estimate of drug-likeness (QED) is 0.206. The van der Waals surface area contributed by atoms with Crippen LogP contribution in [0, 0.1) is 6.92 Å². The second kappa shape index (κ2) is 14.1. The zero-order valence-electron chi connectivity index (χ0n) is 24.6. The van der Waals surface area contributed by atoms with Crippen LogP contribution in [-0.4, -0.2) is 49.3 Å². The summed E-state index contributed by atoms with van der Waals surface area (Å²) in [6, 6.07) is 27.7. The highest BCUT2D eigenvalue weighted by molar-refractivity contribution is 7.89. The highest BCUT2D eigenvalue weighted by Crippen LogP contribution is 2.29. The second-order valence-electron chi connectivity index (χ2n) is 10.6. The van der Waals surface area contributed by atoms with Crippen molar-refractivity contribution in [2.75, 3.05) is 13.1 Å². The van der Waals surface area contributed by atoms with Crippen molar-refractivity contribution in [3.8, 4) is 11.1 Å². The average Bonchev–Trinajstić information content (AvgIpc) is 3.00. The van der Waals surface area contributed by atoms with Crippen molar-refractivity contribution >= 4 is 27.8 Å². The van der Waals surface area contributed by atoms with Crippen molar-refractivity contribution in [3.63, 3.8) is 0 Å². The summed E-state index contributed by atoms with van der Waals surface area (Å²) in [5.41, 5.74) is 4.68. The Labute approximate surface area is 257 Å². The Morgan fingerprint density at radius 3 is 1.98 bits per heavy atom. The number of hydrogen-bond acceptors (Lipinski definition) is 5. The van der Waals surface area contributed by atoms with E-state index in [0.29, 0.717) is 28.7 Å². The monoisotopic (exact) mass is 613 g/mol. The summed E-state index contributed by atoms with van der Waals surface area (Å²) in [6.07, 6.45) is 0.0997. The molecule has 0 aliphatic heterocycles. The van der Waals surface area contributed by atoms with Crippen LogP contribution in [0.2, 0.25) is 0 Å². The Morgan fingerprint density at radius 2 is 1.39 bits per heavy atom. The van der Waals surface area contributed by atoms with E-state index in [1.807, 2.05) is 38.1 Å². The molecule has 0 heterocycles. The van der Waals surface area contributed by atoms with Crippen molar-refractivity contribution < 1.29 is 27.9 Å². The van der Waals surface area contributed by atoms with Crippen LogP contribution in [0.15, 0.2) is 102 Å². The third-order valence-electron chi connectivity index (χ3n) is 7.35. The van der Waals surface area contributed by atoms with Crippen molar-refractivity contribution in [3.05, 3.63) is 125 Å². The minimum absolute atomic E-state index is 0.0232. The number of nitrogens with two attached hydrogens (primary N) is 1. The van der Waals surface area contributed by atoms with Crippen LogP contribution >= 0.6 is 0 Å². The first kappa shape index (κ1) is 32.1. The van der Waals surface area contributed by atoms with E-state index >= 15 is 0 Å². The summed E-state index contributed by atoms with van der Waals surface area (Å²) in [5.74, 6) is -1.72. The number of benzene rings is 4. The Bertz CT molecular complexity index is 1750. The number of rotatable bonds is 12. The van der Waals surface area contributed by atoms with Gasteiger partial charge in [0.2, 0.25) is 10.0 Å². The largest absolute Gasteiger partial charge is 0.481 e. The standard InChI is InChI=1S/C34H35N3O6S/c1-23-11-15-26(16-12-23)24(2)36-33(40)30-9-5-3-7-28(30)29-8-4-6-10-31(29)34(41)37(22-20-32(38)39)21-19-25-13-17-27(18-14-25)44(35,42)43/h3-18,24H,19-22H2,1-2H3,(H,36,40)(H,38,39)(H2,35,42,43). The van der Waals surface area contributed by atoms with E-state index in [2.05, 4.69) is 5.32 Å². The number of carboxylic acids is 1. The minimum Gasteiger partial charge on any atom is -0.481 e. The number of carbonyl (C=O) groups excluding carboxylic acids is 2. The molecule has 228 valence electrons. The Kier molecular flexibility index (Phi) is 10.3. The molecule has 0 aromatic heterocycles. The summed E-state index contributed by atoms with van der Waals surface area (Å²) in [4.78, 5) is 40.3. The molecule has 0 fully saturated rings. The van der Waals surface area contributed by atoms with Gasteiger partial charge in [0.25, 0.3) is 11.8 Å². The van der Waals surface area contributed by atoms with Gasteiger partial charge in [-0.25, -0.2) is 13.6 Å². The van der Waals surface area contributed by atoms with E-state index in [0.717, 1.165) is 16.7 Å². The molecule has 44 heavy (non-hydrogen) atoms. The number of amides is 2. The van der Waals surface area contributed by atoms with Crippen LogP contribution in [-0.2, 0) is 21.2 Å². The van der Waals surface area contributed by atoms with E-state index in [1.165, 1.54) is 17.0 Å². The van der Waals surface area contributed by atoms with E-state index in [9.17, 15) is 27.9 Å². The van der Waals surface area contributed by atoms with Gasteiger partial charge in [-0.1, -0.05) is 78.4 Å². The van der Waals surface area contributed by atoms with E-state index < -0.39 is 16.0 Å². The molecule has 4 rings (SSSR count). The molecule has 1 unspecified atom stereocenters. The molecule has 1 atom stereocenters. The molecular formula is C34H35N3O6S.